The molecule has 29 heavy (non-hydrogen) atoms. The molecule has 1 unspecified atom stereocenters. The zero-order valence-electron chi connectivity index (χ0n) is 16.5. The van der Waals surface area contributed by atoms with Crippen molar-refractivity contribution in [1.29, 1.82) is 0 Å². The van der Waals surface area contributed by atoms with E-state index in [0.717, 1.165) is 0 Å². The van der Waals surface area contributed by atoms with Crippen LogP contribution in [0.3, 0.4) is 0 Å². The number of H-pyrrole nitrogens is 1. The Morgan fingerprint density at radius 1 is 1.28 bits per heavy atom. The number of aromatic amines is 1. The number of methoxy groups -OCH3 is 2. The molecule has 9 nitrogen and oxygen atoms in total. The van der Waals surface area contributed by atoms with Crippen LogP contribution in [-0.2, 0) is 4.74 Å². The van der Waals surface area contributed by atoms with Gasteiger partial charge in [0.05, 0.1) is 24.3 Å². The van der Waals surface area contributed by atoms with E-state index in [9.17, 15) is 9.59 Å². The molecule has 0 saturated carbocycles. The lowest BCUT2D eigenvalue weighted by Crippen LogP contribution is -2.27. The summed E-state index contributed by atoms with van der Waals surface area (Å²) in [6, 6.07) is 6.64. The Balaban J connectivity index is 1.74. The van der Waals surface area contributed by atoms with Gasteiger partial charge in [-0.05, 0) is 37.1 Å². The van der Waals surface area contributed by atoms with E-state index >= 15 is 0 Å². The summed E-state index contributed by atoms with van der Waals surface area (Å²) in [5.74, 6) is 0.575. The van der Waals surface area contributed by atoms with Gasteiger partial charge in [-0.2, -0.15) is 0 Å². The number of aromatic nitrogens is 4. The predicted molar refractivity (Wildman–Crippen MR) is 107 cm³/mol. The highest BCUT2D eigenvalue weighted by Gasteiger charge is 2.13. The molecular formula is C20H23N5O4. The highest BCUT2D eigenvalue weighted by atomic mass is 16.5. The van der Waals surface area contributed by atoms with Gasteiger partial charge in [-0.25, -0.2) is 14.6 Å². The third-order valence-electron chi connectivity index (χ3n) is 4.50. The number of ether oxygens (including phenoxy) is 2. The molecule has 1 atom stereocenters. The summed E-state index contributed by atoms with van der Waals surface area (Å²) >= 11 is 0. The summed E-state index contributed by atoms with van der Waals surface area (Å²) in [5, 5.41) is 5.71. The minimum Gasteiger partial charge on any atom is -0.481 e. The summed E-state index contributed by atoms with van der Waals surface area (Å²) < 4.78 is 11.6. The second kappa shape index (κ2) is 9.16. The second-order valence-electron chi connectivity index (χ2n) is 6.41. The van der Waals surface area contributed by atoms with Gasteiger partial charge in [0, 0.05) is 38.3 Å². The van der Waals surface area contributed by atoms with Crippen molar-refractivity contribution in [3.63, 3.8) is 0 Å². The second-order valence-corrected chi connectivity index (χ2v) is 6.41. The molecule has 0 aromatic carbocycles. The van der Waals surface area contributed by atoms with Crippen LogP contribution >= 0.6 is 0 Å². The number of carbonyl (C=O) groups is 1. The van der Waals surface area contributed by atoms with Gasteiger partial charge in [0.2, 0.25) is 5.88 Å². The van der Waals surface area contributed by atoms with E-state index < -0.39 is 0 Å². The van der Waals surface area contributed by atoms with Crippen molar-refractivity contribution in [3.8, 4) is 22.8 Å². The largest absolute Gasteiger partial charge is 0.481 e. The Morgan fingerprint density at radius 3 is 2.79 bits per heavy atom. The van der Waals surface area contributed by atoms with Crippen LogP contribution in [0.15, 0.2) is 47.7 Å². The molecule has 0 radical (unpaired) electrons. The van der Waals surface area contributed by atoms with Crippen LogP contribution in [0, 0.1) is 0 Å². The number of hydrogen-bond acceptors (Lipinski definition) is 6. The van der Waals surface area contributed by atoms with Crippen LogP contribution in [0.2, 0.25) is 0 Å². The molecule has 9 heteroatoms. The number of rotatable bonds is 8. The number of carbonyl (C=O) groups excluding carboxylic acids is 1. The molecule has 0 aliphatic rings. The lowest BCUT2D eigenvalue weighted by atomic mass is 10.1. The van der Waals surface area contributed by atoms with Gasteiger partial charge >= 0.3 is 0 Å². The lowest BCUT2D eigenvalue weighted by molar-refractivity contribution is 0.0917. The van der Waals surface area contributed by atoms with E-state index in [2.05, 4.69) is 20.4 Å². The molecule has 2 N–H and O–H groups in total. The van der Waals surface area contributed by atoms with E-state index in [1.165, 1.54) is 18.0 Å². The normalized spacial score (nSPS) is 11.8. The molecule has 0 aliphatic heterocycles. The first-order valence-corrected chi connectivity index (χ1v) is 9.11. The zero-order valence-corrected chi connectivity index (χ0v) is 16.5. The molecular weight excluding hydrogens is 374 g/mol. The molecule has 0 spiro atoms. The zero-order chi connectivity index (χ0) is 20.8. The molecule has 3 heterocycles. The number of nitrogens with zero attached hydrogens (tertiary/aromatic N) is 3. The van der Waals surface area contributed by atoms with Gasteiger partial charge in [0.25, 0.3) is 11.5 Å². The van der Waals surface area contributed by atoms with Gasteiger partial charge in [0.1, 0.15) is 0 Å². The Kier molecular flexibility index (Phi) is 6.40. The van der Waals surface area contributed by atoms with Gasteiger partial charge < -0.3 is 14.8 Å². The van der Waals surface area contributed by atoms with Crippen molar-refractivity contribution in [1.82, 2.24) is 25.1 Å². The highest BCUT2D eigenvalue weighted by Crippen LogP contribution is 2.19. The van der Waals surface area contributed by atoms with Crippen LogP contribution in [0.4, 0.5) is 0 Å². The molecule has 3 aromatic heterocycles. The molecule has 1 amide bonds. The molecule has 0 aliphatic carbocycles. The smallest absolute Gasteiger partial charge is 0.280 e. The average molecular weight is 397 g/mol. The standard InChI is InChI=1S/C20H23N5O4/c1-13(28-2)6-8-22-19(26)15-4-5-17(23-11-15)25-20(27)16(12-24-25)14-7-9-21-18(10-14)29-3/h4-5,7,9-13,24H,6,8H2,1-3H3,(H,22,26). The van der Waals surface area contributed by atoms with E-state index in [0.29, 0.717) is 41.4 Å². The minimum absolute atomic E-state index is 0.0742. The molecule has 152 valence electrons. The van der Waals surface area contributed by atoms with Crippen molar-refractivity contribution in [3.05, 3.63) is 58.8 Å². The summed E-state index contributed by atoms with van der Waals surface area (Å²) in [5.41, 5.74) is 1.29. The fourth-order valence-electron chi connectivity index (χ4n) is 2.70. The highest BCUT2D eigenvalue weighted by molar-refractivity contribution is 5.93. The Hall–Kier alpha value is -3.46. The van der Waals surface area contributed by atoms with Crippen LogP contribution < -0.4 is 15.6 Å². The van der Waals surface area contributed by atoms with Crippen molar-refractivity contribution in [2.24, 2.45) is 0 Å². The molecule has 0 fully saturated rings. The first-order chi connectivity index (χ1) is 14.0. The maximum absolute atomic E-state index is 12.8. The monoisotopic (exact) mass is 397 g/mol. The van der Waals surface area contributed by atoms with Gasteiger partial charge in [0.15, 0.2) is 5.82 Å². The van der Waals surface area contributed by atoms with Crippen LogP contribution in [0.25, 0.3) is 16.9 Å². The Morgan fingerprint density at radius 2 is 2.10 bits per heavy atom. The van der Waals surface area contributed by atoms with E-state index in [-0.39, 0.29) is 17.6 Å². The summed E-state index contributed by atoms with van der Waals surface area (Å²) in [6.45, 7) is 2.44. The number of nitrogens with one attached hydrogen (secondary N) is 2. The number of pyridine rings is 2. The third-order valence-corrected chi connectivity index (χ3v) is 4.50. The first-order valence-electron chi connectivity index (χ1n) is 9.11. The molecule has 3 aromatic rings. The topological polar surface area (TPSA) is 111 Å². The van der Waals surface area contributed by atoms with Gasteiger partial charge in [-0.3, -0.25) is 14.7 Å². The summed E-state index contributed by atoms with van der Waals surface area (Å²) in [6.07, 6.45) is 5.39. The fourth-order valence-corrected chi connectivity index (χ4v) is 2.70. The SMILES string of the molecule is COc1cc(-c2c[nH]n(-c3ccc(C(=O)NCCC(C)OC)cn3)c2=O)ccn1. The van der Waals surface area contributed by atoms with Crippen molar-refractivity contribution < 1.29 is 14.3 Å². The maximum atomic E-state index is 12.8. The summed E-state index contributed by atoms with van der Waals surface area (Å²) in [4.78, 5) is 33.2. The van der Waals surface area contributed by atoms with E-state index in [1.54, 1.807) is 43.8 Å². The quantitative estimate of drug-likeness (QED) is 0.599. The van der Waals surface area contributed by atoms with Crippen molar-refractivity contribution in [2.45, 2.75) is 19.4 Å². The maximum Gasteiger partial charge on any atom is 0.280 e. The lowest BCUT2D eigenvalue weighted by Gasteiger charge is -2.10. The first kappa shape index (κ1) is 20.3. The summed E-state index contributed by atoms with van der Waals surface area (Å²) in [7, 11) is 3.15. The van der Waals surface area contributed by atoms with E-state index in [1.807, 2.05) is 6.92 Å². The predicted octanol–water partition coefficient (Wildman–Crippen LogP) is 1.79. The van der Waals surface area contributed by atoms with Gasteiger partial charge in [-0.15, -0.1) is 0 Å². The van der Waals surface area contributed by atoms with Crippen LogP contribution in [0.5, 0.6) is 5.88 Å². The van der Waals surface area contributed by atoms with Gasteiger partial charge in [-0.1, -0.05) is 0 Å². The Bertz CT molecular complexity index is 1030. The van der Waals surface area contributed by atoms with Crippen molar-refractivity contribution >= 4 is 5.91 Å². The van der Waals surface area contributed by atoms with Crippen LogP contribution in [0.1, 0.15) is 23.7 Å². The number of hydrogen-bond donors (Lipinski definition) is 2. The molecule has 0 bridgehead atoms. The van der Waals surface area contributed by atoms with E-state index in [4.69, 9.17) is 9.47 Å². The Labute approximate surface area is 167 Å². The third kappa shape index (κ3) is 4.69. The van der Waals surface area contributed by atoms with Crippen molar-refractivity contribution in [2.75, 3.05) is 20.8 Å². The average Bonchev–Trinajstić information content (AvgIpc) is 3.14. The fraction of sp³-hybridized carbons (Fsp3) is 0.300. The number of amides is 1. The minimum atomic E-state index is -0.267. The molecule has 0 saturated heterocycles. The van der Waals surface area contributed by atoms with Crippen LogP contribution in [-0.4, -0.2) is 52.5 Å². The molecule has 3 rings (SSSR count).